The van der Waals surface area contributed by atoms with E-state index in [4.69, 9.17) is 0 Å². The molecular weight excluding hydrogens is 338 g/mol. The van der Waals surface area contributed by atoms with Crippen LogP contribution in [0.2, 0.25) is 0 Å². The smallest absolute Gasteiger partial charge is 0.264 e. The second-order valence-electron chi connectivity index (χ2n) is 4.25. The normalized spacial score (nSPS) is 22.0. The van der Waals surface area contributed by atoms with Crippen LogP contribution in [0.4, 0.5) is 0 Å². The average molecular weight is 352 g/mol. The minimum Gasteiger partial charge on any atom is -0.334 e. The third-order valence-electron chi connectivity index (χ3n) is 3.03. The molecule has 1 saturated heterocycles. The van der Waals surface area contributed by atoms with Crippen molar-refractivity contribution >= 4 is 43.0 Å². The van der Waals surface area contributed by atoms with Gasteiger partial charge in [0.1, 0.15) is 0 Å². The first kappa shape index (κ1) is 14.0. The monoisotopic (exact) mass is 351 g/mol. The van der Waals surface area contributed by atoms with Crippen LogP contribution in [0.3, 0.4) is 0 Å². The average Bonchev–Trinajstić information content (AvgIpc) is 2.86. The lowest BCUT2D eigenvalue weighted by Crippen LogP contribution is -2.40. The molecule has 18 heavy (non-hydrogen) atoms. The van der Waals surface area contributed by atoms with Crippen molar-refractivity contribution in [3.63, 3.8) is 0 Å². The lowest BCUT2D eigenvalue weighted by atomic mass is 10.2. The molecule has 0 saturated carbocycles. The van der Waals surface area contributed by atoms with E-state index in [1.165, 1.54) is 11.3 Å². The number of thiophene rings is 1. The minimum atomic E-state index is -2.96. The molecular formula is C11H14BrNO3S2. The Balaban J connectivity index is 2.17. The molecule has 2 rings (SSSR count). The zero-order chi connectivity index (χ0) is 13.3. The van der Waals surface area contributed by atoms with Crippen LogP contribution in [0.1, 0.15) is 23.0 Å². The van der Waals surface area contributed by atoms with E-state index < -0.39 is 9.84 Å². The van der Waals surface area contributed by atoms with Crippen molar-refractivity contribution in [1.29, 1.82) is 0 Å². The molecule has 0 N–H and O–H groups in total. The van der Waals surface area contributed by atoms with Crippen molar-refractivity contribution in [3.05, 3.63) is 20.8 Å². The minimum absolute atomic E-state index is 0.0738. The highest BCUT2D eigenvalue weighted by Gasteiger charge is 2.34. The summed E-state index contributed by atoms with van der Waals surface area (Å²) in [7, 11) is -2.96. The van der Waals surface area contributed by atoms with E-state index in [9.17, 15) is 13.2 Å². The van der Waals surface area contributed by atoms with Gasteiger partial charge in [0.15, 0.2) is 9.84 Å². The molecule has 2 heterocycles. The third-order valence-corrected chi connectivity index (χ3v) is 6.40. The Morgan fingerprint density at radius 1 is 1.56 bits per heavy atom. The SMILES string of the molecule is CCN(C(=O)c1ccc(Br)s1)C1CCS(=O)(=O)C1. The predicted octanol–water partition coefficient (Wildman–Crippen LogP) is 2.16. The van der Waals surface area contributed by atoms with E-state index in [2.05, 4.69) is 15.9 Å². The van der Waals surface area contributed by atoms with E-state index in [0.29, 0.717) is 17.8 Å². The van der Waals surface area contributed by atoms with Crippen LogP contribution in [0.15, 0.2) is 15.9 Å². The molecule has 1 aliphatic rings. The zero-order valence-electron chi connectivity index (χ0n) is 9.93. The lowest BCUT2D eigenvalue weighted by Gasteiger charge is -2.26. The molecule has 0 aromatic carbocycles. The summed E-state index contributed by atoms with van der Waals surface area (Å²) in [6.07, 6.45) is 0.550. The van der Waals surface area contributed by atoms with Crippen molar-refractivity contribution in [1.82, 2.24) is 4.90 Å². The topological polar surface area (TPSA) is 54.5 Å². The van der Waals surface area contributed by atoms with Crippen molar-refractivity contribution in [3.8, 4) is 0 Å². The van der Waals surface area contributed by atoms with Gasteiger partial charge in [0, 0.05) is 12.6 Å². The van der Waals surface area contributed by atoms with Crippen molar-refractivity contribution in [2.45, 2.75) is 19.4 Å². The fraction of sp³-hybridized carbons (Fsp3) is 0.545. The fourth-order valence-corrected chi connectivity index (χ4v) is 5.23. The van der Waals surface area contributed by atoms with Gasteiger partial charge in [0.25, 0.3) is 5.91 Å². The summed E-state index contributed by atoms with van der Waals surface area (Å²) < 4.78 is 23.9. The standard InChI is InChI=1S/C11H14BrNO3S2/c1-2-13(8-5-6-18(15,16)7-8)11(14)9-3-4-10(12)17-9/h3-4,8H,2,5-7H2,1H3. The third kappa shape index (κ3) is 2.95. The Labute approximate surface area is 119 Å². The van der Waals surface area contributed by atoms with Gasteiger partial charge in [0.2, 0.25) is 0 Å². The van der Waals surface area contributed by atoms with Gasteiger partial charge in [-0.05, 0) is 41.4 Å². The zero-order valence-corrected chi connectivity index (χ0v) is 13.1. The molecule has 1 amide bonds. The van der Waals surface area contributed by atoms with Crippen LogP contribution in [0, 0.1) is 0 Å². The lowest BCUT2D eigenvalue weighted by molar-refractivity contribution is 0.0713. The maximum Gasteiger partial charge on any atom is 0.264 e. The number of sulfone groups is 1. The summed E-state index contributed by atoms with van der Waals surface area (Å²) in [6.45, 7) is 2.42. The number of hydrogen-bond acceptors (Lipinski definition) is 4. The number of carbonyl (C=O) groups excluding carboxylic acids is 1. The summed E-state index contributed by atoms with van der Waals surface area (Å²) in [5.74, 6) is 0.213. The van der Waals surface area contributed by atoms with Crippen LogP contribution >= 0.6 is 27.3 Å². The fourth-order valence-electron chi connectivity index (χ4n) is 2.16. The van der Waals surface area contributed by atoms with Gasteiger partial charge < -0.3 is 4.90 Å². The Morgan fingerprint density at radius 2 is 2.28 bits per heavy atom. The van der Waals surface area contributed by atoms with Crippen LogP contribution < -0.4 is 0 Å². The molecule has 1 fully saturated rings. The van der Waals surface area contributed by atoms with Crippen LogP contribution in [-0.2, 0) is 9.84 Å². The van der Waals surface area contributed by atoms with Gasteiger partial charge in [-0.1, -0.05) is 0 Å². The van der Waals surface area contributed by atoms with Crippen molar-refractivity contribution < 1.29 is 13.2 Å². The highest BCUT2D eigenvalue weighted by atomic mass is 79.9. The highest BCUT2D eigenvalue weighted by Crippen LogP contribution is 2.26. The van der Waals surface area contributed by atoms with Gasteiger partial charge in [-0.25, -0.2) is 8.42 Å². The molecule has 0 bridgehead atoms. The number of amides is 1. The Kier molecular flexibility index (Phi) is 4.13. The van der Waals surface area contributed by atoms with Crippen LogP contribution in [0.25, 0.3) is 0 Å². The Hall–Kier alpha value is -0.400. The molecule has 0 radical (unpaired) electrons. The summed E-state index contributed by atoms with van der Waals surface area (Å²) in [4.78, 5) is 14.6. The molecule has 1 aromatic rings. The number of rotatable bonds is 3. The molecule has 0 aliphatic carbocycles. The molecule has 7 heteroatoms. The summed E-state index contributed by atoms with van der Waals surface area (Å²) in [6, 6.07) is 3.42. The van der Waals surface area contributed by atoms with Gasteiger partial charge in [0.05, 0.1) is 20.2 Å². The molecule has 0 spiro atoms. The second-order valence-corrected chi connectivity index (χ2v) is 8.94. The number of nitrogens with zero attached hydrogens (tertiary/aromatic N) is 1. The predicted molar refractivity (Wildman–Crippen MR) is 75.8 cm³/mol. The Morgan fingerprint density at radius 3 is 2.72 bits per heavy atom. The van der Waals surface area contributed by atoms with E-state index in [1.54, 1.807) is 11.0 Å². The van der Waals surface area contributed by atoms with Crippen molar-refractivity contribution in [2.24, 2.45) is 0 Å². The number of carbonyl (C=O) groups is 1. The van der Waals surface area contributed by atoms with E-state index in [0.717, 1.165) is 3.79 Å². The van der Waals surface area contributed by atoms with Crippen LogP contribution in [-0.4, -0.2) is 43.3 Å². The molecule has 4 nitrogen and oxygen atoms in total. The first-order valence-electron chi connectivity index (χ1n) is 5.69. The first-order valence-corrected chi connectivity index (χ1v) is 9.13. The van der Waals surface area contributed by atoms with E-state index in [1.807, 2.05) is 13.0 Å². The molecule has 1 atom stereocenters. The largest absolute Gasteiger partial charge is 0.334 e. The van der Waals surface area contributed by atoms with E-state index >= 15 is 0 Å². The number of halogens is 1. The second kappa shape index (κ2) is 5.30. The van der Waals surface area contributed by atoms with Crippen molar-refractivity contribution in [2.75, 3.05) is 18.1 Å². The number of hydrogen-bond donors (Lipinski definition) is 0. The first-order chi connectivity index (χ1) is 8.43. The maximum absolute atomic E-state index is 12.3. The van der Waals surface area contributed by atoms with Gasteiger partial charge >= 0.3 is 0 Å². The summed E-state index contributed by atoms with van der Waals surface area (Å²) >= 11 is 4.70. The molecule has 1 aromatic heterocycles. The molecule has 100 valence electrons. The Bertz CT molecular complexity index is 552. The van der Waals surface area contributed by atoms with E-state index in [-0.39, 0.29) is 23.5 Å². The molecule has 1 aliphatic heterocycles. The quantitative estimate of drug-likeness (QED) is 0.838. The van der Waals surface area contributed by atoms with Crippen LogP contribution in [0.5, 0.6) is 0 Å². The maximum atomic E-state index is 12.3. The van der Waals surface area contributed by atoms with Gasteiger partial charge in [-0.3, -0.25) is 4.79 Å². The van der Waals surface area contributed by atoms with Gasteiger partial charge in [-0.15, -0.1) is 11.3 Å². The van der Waals surface area contributed by atoms with Gasteiger partial charge in [-0.2, -0.15) is 0 Å². The summed E-state index contributed by atoms with van der Waals surface area (Å²) in [5, 5.41) is 0. The molecule has 1 unspecified atom stereocenters. The highest BCUT2D eigenvalue weighted by molar-refractivity contribution is 9.11. The summed E-state index contributed by atoms with van der Waals surface area (Å²) in [5.41, 5.74) is 0.